The molecule has 0 saturated carbocycles. The van der Waals surface area contributed by atoms with Crippen LogP contribution in [-0.2, 0) is 27.2 Å². The summed E-state index contributed by atoms with van der Waals surface area (Å²) in [4.78, 5) is 16.9. The maximum Gasteiger partial charge on any atom is 0.302 e. The fraction of sp³-hybridized carbons (Fsp3) is 0.550. The fourth-order valence-electron chi connectivity index (χ4n) is 7.01. The lowest BCUT2D eigenvalue weighted by Gasteiger charge is -2.26. The molecule has 0 aliphatic heterocycles. The van der Waals surface area contributed by atoms with Crippen molar-refractivity contribution >= 4 is 38.4 Å². The van der Waals surface area contributed by atoms with Crippen molar-refractivity contribution in [2.45, 2.75) is 118 Å². The van der Waals surface area contributed by atoms with E-state index in [4.69, 9.17) is 14.5 Å². The summed E-state index contributed by atoms with van der Waals surface area (Å²) in [5.74, 6) is 0.333. The van der Waals surface area contributed by atoms with Crippen LogP contribution in [0.25, 0.3) is 27.7 Å². The van der Waals surface area contributed by atoms with Gasteiger partial charge in [0.1, 0.15) is 0 Å². The van der Waals surface area contributed by atoms with Crippen LogP contribution in [-0.4, -0.2) is 29.2 Å². The molecule has 5 nitrogen and oxygen atoms in total. The van der Waals surface area contributed by atoms with Gasteiger partial charge in [-0.2, -0.15) is 0 Å². The van der Waals surface area contributed by atoms with Crippen molar-refractivity contribution in [1.82, 2.24) is 9.55 Å². The second-order valence-electron chi connectivity index (χ2n) is 13.9. The third-order valence-corrected chi connectivity index (χ3v) is 10.1. The summed E-state index contributed by atoms with van der Waals surface area (Å²) < 4.78 is 14.9. The number of rotatable bonds is 13. The monoisotopic (exact) mass is 690 g/mol. The molecule has 0 amide bonds. The number of nitrogens with zero attached hydrogens (tertiary/aromatic N) is 2. The zero-order chi connectivity index (χ0) is 33.4. The second kappa shape index (κ2) is 16.4. The Hall–Kier alpha value is -2.70. The van der Waals surface area contributed by atoms with Crippen LogP contribution >= 0.6 is 15.9 Å². The zero-order valence-corrected chi connectivity index (χ0v) is 30.9. The van der Waals surface area contributed by atoms with Crippen LogP contribution in [0.1, 0.15) is 122 Å². The number of pyridine rings is 1. The number of ether oxygens (including phenoxy) is 2. The van der Waals surface area contributed by atoms with Crippen molar-refractivity contribution in [1.29, 1.82) is 0 Å². The molecular weight excluding hydrogens is 636 g/mol. The molecule has 6 heteroatoms. The Balaban J connectivity index is 1.88. The van der Waals surface area contributed by atoms with Crippen molar-refractivity contribution in [3.05, 3.63) is 70.0 Å². The molecule has 3 aromatic rings. The van der Waals surface area contributed by atoms with Gasteiger partial charge in [-0.15, -0.1) is 0 Å². The molecule has 1 aliphatic carbocycles. The topological polar surface area (TPSA) is 53.4 Å². The summed E-state index contributed by atoms with van der Waals surface area (Å²) in [5.41, 5.74) is 9.41. The first-order valence-corrected chi connectivity index (χ1v) is 18.1. The highest BCUT2D eigenvalue weighted by atomic mass is 79.9. The van der Waals surface area contributed by atoms with E-state index < -0.39 is 0 Å². The predicted octanol–water partition coefficient (Wildman–Crippen LogP) is 11.4. The quantitative estimate of drug-likeness (QED) is 0.102. The molecule has 1 aromatic carbocycles. The highest BCUT2D eigenvalue weighted by Crippen LogP contribution is 2.43. The number of benzene rings is 1. The molecule has 0 saturated heterocycles. The first-order chi connectivity index (χ1) is 22.0. The first kappa shape index (κ1) is 36.1. The van der Waals surface area contributed by atoms with Crippen LogP contribution in [0.15, 0.2) is 53.2 Å². The van der Waals surface area contributed by atoms with Crippen molar-refractivity contribution < 1.29 is 14.3 Å². The molecule has 0 N–H and O–H groups in total. The third-order valence-electron chi connectivity index (χ3n) is 9.64. The van der Waals surface area contributed by atoms with Gasteiger partial charge in [-0.1, -0.05) is 74.2 Å². The van der Waals surface area contributed by atoms with Gasteiger partial charge in [0.25, 0.3) is 0 Å². The number of unbranched alkanes of at least 4 members (excludes halogenated alkanes) is 2. The second-order valence-corrected chi connectivity index (χ2v) is 14.8. The van der Waals surface area contributed by atoms with E-state index in [1.807, 2.05) is 0 Å². The predicted molar refractivity (Wildman–Crippen MR) is 196 cm³/mol. The summed E-state index contributed by atoms with van der Waals surface area (Å²) >= 11 is 3.74. The van der Waals surface area contributed by atoms with E-state index in [9.17, 15) is 4.79 Å². The Morgan fingerprint density at radius 2 is 1.98 bits per heavy atom. The maximum atomic E-state index is 11.8. The molecule has 2 heterocycles. The number of halogens is 1. The van der Waals surface area contributed by atoms with Gasteiger partial charge in [0, 0.05) is 53.1 Å². The number of carbonyl (C=O) groups is 1. The van der Waals surface area contributed by atoms with Gasteiger partial charge in [0.2, 0.25) is 0 Å². The van der Waals surface area contributed by atoms with Crippen LogP contribution in [0.3, 0.4) is 0 Å². The summed E-state index contributed by atoms with van der Waals surface area (Å²) in [6.07, 6.45) is 15.6. The minimum Gasteiger partial charge on any atom is -0.465 e. The Labute approximate surface area is 286 Å². The van der Waals surface area contributed by atoms with Crippen molar-refractivity contribution in [3.8, 4) is 11.3 Å². The largest absolute Gasteiger partial charge is 0.465 e. The average Bonchev–Trinajstić information content (AvgIpc) is 3.36. The molecule has 2 aromatic heterocycles. The van der Waals surface area contributed by atoms with Crippen LogP contribution in [0.5, 0.6) is 0 Å². The molecule has 0 fully saturated rings. The minimum absolute atomic E-state index is 0.179. The molecule has 46 heavy (non-hydrogen) atoms. The molecule has 1 aliphatic rings. The minimum atomic E-state index is -0.275. The molecule has 0 spiro atoms. The van der Waals surface area contributed by atoms with Gasteiger partial charge in [-0.05, 0) is 106 Å². The van der Waals surface area contributed by atoms with Gasteiger partial charge >= 0.3 is 5.97 Å². The van der Waals surface area contributed by atoms with Gasteiger partial charge in [-0.3, -0.25) is 9.78 Å². The molecule has 0 radical (unpaired) electrons. The van der Waals surface area contributed by atoms with Crippen molar-refractivity contribution in [3.63, 3.8) is 0 Å². The number of aryl methyl sites for hydroxylation is 1. The molecule has 2 atom stereocenters. The van der Waals surface area contributed by atoms with E-state index >= 15 is 0 Å². The number of allylic oxidation sites excluding steroid dienone is 3. The Morgan fingerprint density at radius 1 is 1.20 bits per heavy atom. The van der Waals surface area contributed by atoms with Crippen LogP contribution in [0, 0.1) is 11.3 Å². The van der Waals surface area contributed by atoms with Crippen molar-refractivity contribution in [2.24, 2.45) is 11.3 Å². The summed E-state index contributed by atoms with van der Waals surface area (Å²) in [6, 6.07) is 8.93. The van der Waals surface area contributed by atoms with E-state index in [1.165, 1.54) is 71.5 Å². The third kappa shape index (κ3) is 8.80. The van der Waals surface area contributed by atoms with E-state index in [0.717, 1.165) is 60.8 Å². The van der Waals surface area contributed by atoms with Gasteiger partial charge in [-0.25, -0.2) is 0 Å². The lowest BCUT2D eigenvalue weighted by Crippen LogP contribution is -2.24. The number of hydrogen-bond donors (Lipinski definition) is 0. The maximum absolute atomic E-state index is 11.8. The van der Waals surface area contributed by atoms with Crippen LogP contribution in [0.2, 0.25) is 0 Å². The van der Waals surface area contributed by atoms with Gasteiger partial charge < -0.3 is 14.0 Å². The summed E-state index contributed by atoms with van der Waals surface area (Å²) in [5, 5.41) is 1.21. The molecule has 0 unspecified atom stereocenters. The standard InChI is InChI=1S/C40H55BrN2O3/c1-9-11-12-16-30-18-19-31(17-14-13-15-27(30)3)32-22-35(38(42-25-32)28(4)45-8)39-36(24-40(6,7)26-46-29(5)44)34-23-33(41)20-21-37(34)43(39)10-2/h17,20-23,25,28,30H,3,9-16,18-19,24,26H2,1-2,4-8H3/b31-17+/t28-,30+/m0/s1. The molecule has 250 valence electrons. The number of hydrogen-bond acceptors (Lipinski definition) is 4. The highest BCUT2D eigenvalue weighted by molar-refractivity contribution is 9.10. The number of esters is 1. The Morgan fingerprint density at radius 3 is 2.67 bits per heavy atom. The molecule has 4 rings (SSSR count). The SMILES string of the molecule is C=C1CCC/C=C(/c2cnc([C@H](C)OC)c(-c3c(CC(C)(C)COC(C)=O)c4cc(Br)ccc4n3CC)c2)CC[C@H]1CCCCC. The van der Waals surface area contributed by atoms with Crippen LogP contribution in [0.4, 0.5) is 0 Å². The number of aromatic nitrogens is 2. The Kier molecular flexibility index (Phi) is 12.9. The number of methoxy groups -OCH3 is 1. The highest BCUT2D eigenvalue weighted by Gasteiger charge is 2.29. The van der Waals surface area contributed by atoms with E-state index in [2.05, 4.69) is 98.2 Å². The first-order valence-electron chi connectivity index (χ1n) is 17.3. The number of carbonyl (C=O) groups excluding carboxylic acids is 1. The smallest absolute Gasteiger partial charge is 0.302 e. The van der Waals surface area contributed by atoms with E-state index in [0.29, 0.717) is 12.5 Å². The average molecular weight is 692 g/mol. The number of fused-ring (bicyclic) bond motifs is 1. The zero-order valence-electron chi connectivity index (χ0n) is 29.3. The summed E-state index contributed by atoms with van der Waals surface area (Å²) in [7, 11) is 1.76. The van der Waals surface area contributed by atoms with Crippen molar-refractivity contribution in [2.75, 3.05) is 13.7 Å². The normalized spacial score (nSPS) is 18.0. The lowest BCUT2D eigenvalue weighted by atomic mass is 9.84. The molecule has 0 bridgehead atoms. The summed E-state index contributed by atoms with van der Waals surface area (Å²) in [6.45, 7) is 18.1. The Bertz CT molecular complexity index is 1550. The van der Waals surface area contributed by atoms with E-state index in [1.54, 1.807) is 7.11 Å². The van der Waals surface area contributed by atoms with Crippen LogP contribution < -0.4 is 0 Å². The lowest BCUT2D eigenvalue weighted by molar-refractivity contribution is -0.143. The fourth-order valence-corrected chi connectivity index (χ4v) is 7.37. The van der Waals surface area contributed by atoms with Gasteiger partial charge in [0.15, 0.2) is 0 Å². The molecular formula is C40H55BrN2O3. The van der Waals surface area contributed by atoms with E-state index in [-0.39, 0.29) is 17.5 Å². The van der Waals surface area contributed by atoms with Gasteiger partial charge in [0.05, 0.1) is 24.1 Å².